The van der Waals surface area contributed by atoms with Crippen LogP contribution in [0.2, 0.25) is 5.02 Å². The van der Waals surface area contributed by atoms with E-state index in [1.807, 2.05) is 30.3 Å². The van der Waals surface area contributed by atoms with E-state index in [1.165, 1.54) is 3.97 Å². The molecule has 0 bridgehead atoms. The highest BCUT2D eigenvalue weighted by Gasteiger charge is 2.19. The van der Waals surface area contributed by atoms with Crippen LogP contribution in [-0.4, -0.2) is 14.1 Å². The number of primary amides is 1. The third kappa shape index (κ3) is 3.06. The summed E-state index contributed by atoms with van der Waals surface area (Å²) in [7, 11) is -1.54. The van der Waals surface area contributed by atoms with Gasteiger partial charge in [-0.15, -0.1) is 0 Å². The maximum absolute atomic E-state index is 12.9. The van der Waals surface area contributed by atoms with Crippen LogP contribution in [0.15, 0.2) is 71.8 Å². The maximum atomic E-state index is 12.9. The van der Waals surface area contributed by atoms with Crippen molar-refractivity contribution in [2.45, 2.75) is 4.90 Å². The third-order valence-electron chi connectivity index (χ3n) is 3.34. The molecule has 23 heavy (non-hydrogen) atoms. The first-order valence-corrected chi connectivity index (χ1v) is 8.31. The lowest BCUT2D eigenvalue weighted by Crippen LogP contribution is -2.13. The van der Waals surface area contributed by atoms with Gasteiger partial charge in [0, 0.05) is 11.2 Å². The SMILES string of the molecule is NC(=O)c1ccn(S(=O)c2cccc(Cl)c2)c1-c1ccccc1. The standard InChI is InChI=1S/C17H13ClN2O2S/c18-13-7-4-8-14(11-13)23(22)20-10-9-15(17(19)21)16(20)12-5-2-1-3-6-12/h1-11H,(H2,19,21). The number of rotatable bonds is 4. The summed E-state index contributed by atoms with van der Waals surface area (Å²) >= 11 is 5.97. The largest absolute Gasteiger partial charge is 0.366 e. The van der Waals surface area contributed by atoms with Crippen molar-refractivity contribution < 1.29 is 9.00 Å². The van der Waals surface area contributed by atoms with Gasteiger partial charge in [-0.1, -0.05) is 48.0 Å². The molecule has 2 N–H and O–H groups in total. The molecule has 1 heterocycles. The van der Waals surface area contributed by atoms with E-state index in [1.54, 1.807) is 36.5 Å². The molecule has 2 aromatic carbocycles. The van der Waals surface area contributed by atoms with Gasteiger partial charge in [-0.25, -0.2) is 4.21 Å². The van der Waals surface area contributed by atoms with Crippen molar-refractivity contribution in [2.75, 3.05) is 0 Å². The van der Waals surface area contributed by atoms with Gasteiger partial charge in [0.05, 0.1) is 16.2 Å². The molecule has 3 rings (SSSR count). The quantitative estimate of drug-likeness (QED) is 0.787. The summed E-state index contributed by atoms with van der Waals surface area (Å²) in [6.45, 7) is 0. The first-order chi connectivity index (χ1) is 11.1. The highest BCUT2D eigenvalue weighted by molar-refractivity contribution is 7.83. The Morgan fingerprint density at radius 1 is 1.04 bits per heavy atom. The van der Waals surface area contributed by atoms with Gasteiger partial charge in [0.15, 0.2) is 11.0 Å². The molecular formula is C17H13ClN2O2S. The number of hydrogen-bond donors (Lipinski definition) is 1. The van der Waals surface area contributed by atoms with Crippen LogP contribution in [0.25, 0.3) is 11.3 Å². The minimum atomic E-state index is -1.54. The smallest absolute Gasteiger partial charge is 0.250 e. The second-order valence-corrected chi connectivity index (χ2v) is 6.64. The fourth-order valence-corrected chi connectivity index (χ4v) is 3.77. The molecular weight excluding hydrogens is 332 g/mol. The van der Waals surface area contributed by atoms with Crippen LogP contribution in [0, 0.1) is 0 Å². The first kappa shape index (κ1) is 15.5. The van der Waals surface area contributed by atoms with Gasteiger partial charge < -0.3 is 5.73 Å². The molecule has 0 saturated carbocycles. The number of carbonyl (C=O) groups is 1. The van der Waals surface area contributed by atoms with E-state index < -0.39 is 16.9 Å². The van der Waals surface area contributed by atoms with Crippen LogP contribution in [0.3, 0.4) is 0 Å². The molecule has 1 aromatic heterocycles. The van der Waals surface area contributed by atoms with Gasteiger partial charge in [-0.3, -0.25) is 8.77 Å². The molecule has 0 saturated heterocycles. The fraction of sp³-hybridized carbons (Fsp3) is 0. The molecule has 1 atom stereocenters. The zero-order chi connectivity index (χ0) is 16.4. The maximum Gasteiger partial charge on any atom is 0.250 e. The van der Waals surface area contributed by atoms with E-state index in [4.69, 9.17) is 17.3 Å². The third-order valence-corrected chi connectivity index (χ3v) is 4.90. The number of hydrogen-bond acceptors (Lipinski definition) is 2. The van der Waals surface area contributed by atoms with Crippen LogP contribution in [0.5, 0.6) is 0 Å². The Labute approximate surface area is 141 Å². The molecule has 0 aliphatic rings. The molecule has 1 unspecified atom stereocenters. The Bertz CT molecular complexity index is 891. The van der Waals surface area contributed by atoms with Crippen LogP contribution >= 0.6 is 11.6 Å². The van der Waals surface area contributed by atoms with Crippen molar-refractivity contribution in [1.29, 1.82) is 0 Å². The fourth-order valence-electron chi connectivity index (χ4n) is 2.32. The summed E-state index contributed by atoms with van der Waals surface area (Å²) in [6.07, 6.45) is 1.60. The van der Waals surface area contributed by atoms with Crippen molar-refractivity contribution >= 4 is 28.5 Å². The minimum absolute atomic E-state index is 0.326. The predicted octanol–water partition coefficient (Wildman–Crippen LogP) is 3.48. The molecule has 3 aromatic rings. The number of halogens is 1. The number of benzene rings is 2. The zero-order valence-corrected chi connectivity index (χ0v) is 13.6. The van der Waals surface area contributed by atoms with Crippen molar-refractivity contribution in [3.63, 3.8) is 0 Å². The summed E-state index contributed by atoms with van der Waals surface area (Å²) in [6, 6.07) is 17.6. The molecule has 0 aliphatic carbocycles. The minimum Gasteiger partial charge on any atom is -0.366 e. The molecule has 0 spiro atoms. The molecule has 116 valence electrons. The van der Waals surface area contributed by atoms with Crippen LogP contribution < -0.4 is 5.73 Å². The Morgan fingerprint density at radius 3 is 2.43 bits per heavy atom. The Hall–Kier alpha value is -2.37. The van der Waals surface area contributed by atoms with Crippen LogP contribution in [0.4, 0.5) is 0 Å². The monoisotopic (exact) mass is 344 g/mol. The topological polar surface area (TPSA) is 65.1 Å². The number of nitrogens with two attached hydrogens (primary N) is 1. The highest BCUT2D eigenvalue weighted by atomic mass is 35.5. The summed E-state index contributed by atoms with van der Waals surface area (Å²) in [5, 5.41) is 0.499. The number of aromatic nitrogens is 1. The normalized spacial score (nSPS) is 12.0. The van der Waals surface area contributed by atoms with Crippen LogP contribution in [0.1, 0.15) is 10.4 Å². The Kier molecular flexibility index (Phi) is 4.32. The lowest BCUT2D eigenvalue weighted by atomic mass is 10.1. The summed E-state index contributed by atoms with van der Waals surface area (Å²) in [5.41, 5.74) is 7.07. The highest BCUT2D eigenvalue weighted by Crippen LogP contribution is 2.27. The molecule has 6 heteroatoms. The van der Waals surface area contributed by atoms with E-state index in [0.717, 1.165) is 5.56 Å². The molecule has 0 aliphatic heterocycles. The molecule has 0 radical (unpaired) electrons. The van der Waals surface area contributed by atoms with Crippen LogP contribution in [-0.2, 0) is 11.0 Å². The van der Waals surface area contributed by atoms with Crippen molar-refractivity contribution in [3.8, 4) is 11.3 Å². The number of carbonyl (C=O) groups excluding carboxylic acids is 1. The van der Waals surface area contributed by atoms with Gasteiger partial charge in [0.25, 0.3) is 5.91 Å². The van der Waals surface area contributed by atoms with E-state index in [2.05, 4.69) is 0 Å². The van der Waals surface area contributed by atoms with Gasteiger partial charge in [0.2, 0.25) is 0 Å². The van der Waals surface area contributed by atoms with Crippen molar-refractivity contribution in [3.05, 3.63) is 77.4 Å². The molecule has 4 nitrogen and oxygen atoms in total. The van der Waals surface area contributed by atoms with Crippen molar-refractivity contribution in [2.24, 2.45) is 5.73 Å². The molecule has 1 amide bonds. The predicted molar refractivity (Wildman–Crippen MR) is 91.6 cm³/mol. The first-order valence-electron chi connectivity index (χ1n) is 6.82. The second kappa shape index (κ2) is 6.40. The Morgan fingerprint density at radius 2 is 1.78 bits per heavy atom. The average molecular weight is 345 g/mol. The number of amides is 1. The lowest BCUT2D eigenvalue weighted by molar-refractivity contribution is 0.100. The second-order valence-electron chi connectivity index (χ2n) is 4.84. The van der Waals surface area contributed by atoms with E-state index in [0.29, 0.717) is 21.2 Å². The van der Waals surface area contributed by atoms with Gasteiger partial charge in [-0.2, -0.15) is 0 Å². The van der Waals surface area contributed by atoms with Gasteiger partial charge >= 0.3 is 0 Å². The number of nitrogens with zero attached hydrogens (tertiary/aromatic N) is 1. The van der Waals surface area contributed by atoms with E-state index >= 15 is 0 Å². The van der Waals surface area contributed by atoms with Gasteiger partial charge in [-0.05, 0) is 29.8 Å². The average Bonchev–Trinajstić information content (AvgIpc) is 3.00. The van der Waals surface area contributed by atoms with E-state index in [-0.39, 0.29) is 0 Å². The summed E-state index contributed by atoms with van der Waals surface area (Å²) < 4.78 is 14.4. The van der Waals surface area contributed by atoms with E-state index in [9.17, 15) is 9.00 Å². The zero-order valence-electron chi connectivity index (χ0n) is 12.0. The summed E-state index contributed by atoms with van der Waals surface area (Å²) in [5.74, 6) is -0.564. The molecule has 0 fully saturated rings. The summed E-state index contributed by atoms with van der Waals surface area (Å²) in [4.78, 5) is 12.3. The van der Waals surface area contributed by atoms with Gasteiger partial charge in [0.1, 0.15) is 0 Å². The van der Waals surface area contributed by atoms with Crippen molar-refractivity contribution in [1.82, 2.24) is 3.97 Å². The lowest BCUT2D eigenvalue weighted by Gasteiger charge is -2.10. The Balaban J connectivity index is 2.17.